The summed E-state index contributed by atoms with van der Waals surface area (Å²) >= 11 is 0. The van der Waals surface area contributed by atoms with Gasteiger partial charge in [-0.05, 0) is 24.3 Å². The van der Waals surface area contributed by atoms with E-state index in [1.807, 2.05) is 24.0 Å². The first-order valence-corrected chi connectivity index (χ1v) is 5.84. The Morgan fingerprint density at radius 3 is 2.81 bits per heavy atom. The zero-order valence-electron chi connectivity index (χ0n) is 10.5. The van der Waals surface area contributed by atoms with Crippen molar-refractivity contribution in [3.8, 4) is 0 Å². The molecule has 16 heavy (non-hydrogen) atoms. The molecule has 0 unspecified atom stereocenters. The van der Waals surface area contributed by atoms with Gasteiger partial charge in [-0.3, -0.25) is 4.68 Å². The Morgan fingerprint density at radius 1 is 1.50 bits per heavy atom. The van der Waals surface area contributed by atoms with Crippen LogP contribution in [0.25, 0.3) is 0 Å². The number of hydrogen-bond acceptors (Lipinski definition) is 3. The van der Waals surface area contributed by atoms with Crippen LogP contribution in [-0.4, -0.2) is 28.0 Å². The van der Waals surface area contributed by atoms with Crippen molar-refractivity contribution in [2.45, 2.75) is 33.2 Å². The lowest BCUT2D eigenvalue weighted by atomic mass is 9.88. The number of aliphatic hydroxyl groups excluding tert-OH is 1. The number of rotatable bonds is 7. The van der Waals surface area contributed by atoms with Crippen LogP contribution in [0.2, 0.25) is 0 Å². The first kappa shape index (κ1) is 13.2. The van der Waals surface area contributed by atoms with E-state index in [9.17, 15) is 0 Å². The van der Waals surface area contributed by atoms with Crippen LogP contribution in [0.15, 0.2) is 12.3 Å². The highest BCUT2D eigenvalue weighted by Gasteiger charge is 2.16. The second-order valence-electron chi connectivity index (χ2n) is 5.08. The zero-order chi connectivity index (χ0) is 12.0. The molecule has 0 saturated heterocycles. The molecule has 0 radical (unpaired) electrons. The van der Waals surface area contributed by atoms with E-state index in [4.69, 9.17) is 5.11 Å². The normalized spacial score (nSPS) is 12.0. The lowest BCUT2D eigenvalue weighted by Crippen LogP contribution is -2.29. The molecule has 4 heteroatoms. The second kappa shape index (κ2) is 6.01. The van der Waals surface area contributed by atoms with Crippen LogP contribution in [0.4, 0.5) is 0 Å². The Hall–Kier alpha value is -0.870. The lowest BCUT2D eigenvalue weighted by molar-refractivity contribution is 0.236. The minimum Gasteiger partial charge on any atom is -0.396 e. The fourth-order valence-corrected chi connectivity index (χ4v) is 1.73. The number of aliphatic hydroxyl groups is 1. The van der Waals surface area contributed by atoms with Gasteiger partial charge in [0, 0.05) is 32.9 Å². The van der Waals surface area contributed by atoms with E-state index in [2.05, 4.69) is 24.3 Å². The minimum atomic E-state index is 0.234. The number of nitrogens with zero attached hydrogens (tertiary/aromatic N) is 2. The summed E-state index contributed by atoms with van der Waals surface area (Å²) in [7, 11) is 1.93. The van der Waals surface area contributed by atoms with Crippen LogP contribution in [0, 0.1) is 5.41 Å². The smallest absolute Gasteiger partial charge is 0.0762 e. The third-order valence-corrected chi connectivity index (χ3v) is 2.69. The van der Waals surface area contributed by atoms with Crippen LogP contribution in [-0.2, 0) is 13.6 Å². The van der Waals surface area contributed by atoms with E-state index in [0.717, 1.165) is 31.6 Å². The first-order chi connectivity index (χ1) is 7.53. The van der Waals surface area contributed by atoms with E-state index in [1.165, 1.54) is 0 Å². The molecular formula is C12H23N3O. The van der Waals surface area contributed by atoms with Crippen molar-refractivity contribution < 1.29 is 5.11 Å². The molecule has 0 saturated carbocycles. The van der Waals surface area contributed by atoms with Gasteiger partial charge in [0.05, 0.1) is 5.69 Å². The molecule has 0 aliphatic rings. The van der Waals surface area contributed by atoms with Crippen molar-refractivity contribution in [1.29, 1.82) is 0 Å². The summed E-state index contributed by atoms with van der Waals surface area (Å²) < 4.78 is 1.81. The Bertz CT molecular complexity index is 307. The third kappa shape index (κ3) is 4.77. The van der Waals surface area contributed by atoms with E-state index < -0.39 is 0 Å². The van der Waals surface area contributed by atoms with Gasteiger partial charge in [0.25, 0.3) is 0 Å². The Morgan fingerprint density at radius 2 is 2.25 bits per heavy atom. The summed E-state index contributed by atoms with van der Waals surface area (Å²) in [5, 5.41) is 16.5. The maximum absolute atomic E-state index is 8.80. The van der Waals surface area contributed by atoms with Crippen LogP contribution < -0.4 is 5.32 Å². The summed E-state index contributed by atoms with van der Waals surface area (Å²) in [6, 6.07) is 2.02. The summed E-state index contributed by atoms with van der Waals surface area (Å²) in [6.45, 7) is 6.47. The van der Waals surface area contributed by atoms with Crippen molar-refractivity contribution in [3.63, 3.8) is 0 Å². The fraction of sp³-hybridized carbons (Fsp3) is 0.750. The predicted molar refractivity (Wildman–Crippen MR) is 65.0 cm³/mol. The largest absolute Gasteiger partial charge is 0.396 e. The van der Waals surface area contributed by atoms with Gasteiger partial charge in [-0.25, -0.2) is 0 Å². The monoisotopic (exact) mass is 225 g/mol. The summed E-state index contributed by atoms with van der Waals surface area (Å²) in [5.74, 6) is 0. The predicted octanol–water partition coefficient (Wildman–Crippen LogP) is 1.31. The quantitative estimate of drug-likeness (QED) is 0.735. The highest BCUT2D eigenvalue weighted by atomic mass is 16.2. The molecule has 92 valence electrons. The van der Waals surface area contributed by atoms with E-state index in [-0.39, 0.29) is 12.0 Å². The number of aryl methyl sites for hydroxylation is 1. The maximum atomic E-state index is 8.80. The van der Waals surface area contributed by atoms with Crippen molar-refractivity contribution >= 4 is 0 Å². The van der Waals surface area contributed by atoms with Gasteiger partial charge in [-0.1, -0.05) is 13.8 Å². The first-order valence-electron chi connectivity index (χ1n) is 5.84. The molecule has 1 aromatic heterocycles. The standard InChI is InChI=1S/C12H23N3O/c1-12(2,6-4-8-16)10-13-9-11-5-7-15(3)14-11/h5,7,13,16H,4,6,8-10H2,1-3H3. The molecule has 0 amide bonds. The maximum Gasteiger partial charge on any atom is 0.0762 e. The number of nitrogens with one attached hydrogen (secondary N) is 1. The van der Waals surface area contributed by atoms with Gasteiger partial charge < -0.3 is 10.4 Å². The topological polar surface area (TPSA) is 50.1 Å². The van der Waals surface area contributed by atoms with Gasteiger partial charge in [-0.15, -0.1) is 0 Å². The summed E-state index contributed by atoms with van der Waals surface area (Å²) in [5.41, 5.74) is 1.30. The summed E-state index contributed by atoms with van der Waals surface area (Å²) in [6.07, 6.45) is 3.87. The summed E-state index contributed by atoms with van der Waals surface area (Å²) in [4.78, 5) is 0. The number of aromatic nitrogens is 2. The van der Waals surface area contributed by atoms with Gasteiger partial charge in [-0.2, -0.15) is 5.10 Å². The average molecular weight is 225 g/mol. The van der Waals surface area contributed by atoms with Gasteiger partial charge in [0.1, 0.15) is 0 Å². The van der Waals surface area contributed by atoms with E-state index in [1.54, 1.807) is 0 Å². The molecule has 0 aliphatic carbocycles. The fourth-order valence-electron chi connectivity index (χ4n) is 1.73. The molecule has 2 N–H and O–H groups in total. The van der Waals surface area contributed by atoms with Gasteiger partial charge in [0.15, 0.2) is 0 Å². The zero-order valence-corrected chi connectivity index (χ0v) is 10.5. The molecule has 0 spiro atoms. The molecular weight excluding hydrogens is 202 g/mol. The van der Waals surface area contributed by atoms with E-state index in [0.29, 0.717) is 0 Å². The van der Waals surface area contributed by atoms with Crippen molar-refractivity contribution in [2.24, 2.45) is 12.5 Å². The Balaban J connectivity index is 2.24. The second-order valence-corrected chi connectivity index (χ2v) is 5.08. The molecule has 0 bridgehead atoms. The van der Waals surface area contributed by atoms with Gasteiger partial charge in [0.2, 0.25) is 0 Å². The molecule has 0 aromatic carbocycles. The van der Waals surface area contributed by atoms with Crippen LogP contribution >= 0.6 is 0 Å². The van der Waals surface area contributed by atoms with Crippen LogP contribution in [0.1, 0.15) is 32.4 Å². The van der Waals surface area contributed by atoms with Crippen LogP contribution in [0.5, 0.6) is 0 Å². The molecule has 0 atom stereocenters. The molecule has 4 nitrogen and oxygen atoms in total. The van der Waals surface area contributed by atoms with Crippen molar-refractivity contribution in [1.82, 2.24) is 15.1 Å². The lowest BCUT2D eigenvalue weighted by Gasteiger charge is -2.24. The van der Waals surface area contributed by atoms with Crippen molar-refractivity contribution in [2.75, 3.05) is 13.2 Å². The number of hydrogen-bond donors (Lipinski definition) is 2. The van der Waals surface area contributed by atoms with Crippen LogP contribution in [0.3, 0.4) is 0 Å². The molecule has 0 fully saturated rings. The Kier molecular flexibility index (Phi) is 4.96. The molecule has 1 heterocycles. The van der Waals surface area contributed by atoms with Crippen molar-refractivity contribution in [3.05, 3.63) is 18.0 Å². The average Bonchev–Trinajstić information content (AvgIpc) is 2.61. The Labute approximate surface area is 97.7 Å². The molecule has 1 aromatic rings. The molecule has 0 aliphatic heterocycles. The minimum absolute atomic E-state index is 0.234. The SMILES string of the molecule is Cn1ccc(CNCC(C)(C)CCCO)n1. The third-order valence-electron chi connectivity index (χ3n) is 2.69. The van der Waals surface area contributed by atoms with Gasteiger partial charge >= 0.3 is 0 Å². The van der Waals surface area contributed by atoms with E-state index >= 15 is 0 Å². The highest BCUT2D eigenvalue weighted by molar-refractivity contribution is 4.98. The molecule has 1 rings (SSSR count). The highest BCUT2D eigenvalue weighted by Crippen LogP contribution is 2.20.